The first kappa shape index (κ1) is 22.8. The summed E-state index contributed by atoms with van der Waals surface area (Å²) >= 11 is 6.15. The number of nitrogens with one attached hydrogen (secondary N) is 2. The highest BCUT2D eigenvalue weighted by Gasteiger charge is 2.37. The summed E-state index contributed by atoms with van der Waals surface area (Å²) < 4.78 is 5.63. The van der Waals surface area contributed by atoms with E-state index in [1.807, 2.05) is 6.07 Å². The number of ether oxygens (including phenoxy) is 1. The summed E-state index contributed by atoms with van der Waals surface area (Å²) in [5, 5.41) is 5.03. The Labute approximate surface area is 199 Å². The maximum Gasteiger partial charge on any atom is 0.335 e. The Morgan fingerprint density at radius 2 is 1.62 bits per heavy atom. The van der Waals surface area contributed by atoms with Gasteiger partial charge in [-0.15, -0.1) is 0 Å². The molecule has 4 rings (SSSR count). The van der Waals surface area contributed by atoms with Crippen molar-refractivity contribution in [2.45, 2.75) is 0 Å². The fraction of sp³-hybridized carbons (Fsp3) is 0.0400. The highest BCUT2D eigenvalue weighted by atomic mass is 35.5. The lowest BCUT2D eigenvalue weighted by Gasteiger charge is -2.27. The van der Waals surface area contributed by atoms with Gasteiger partial charge < -0.3 is 10.1 Å². The average Bonchev–Trinajstić information content (AvgIpc) is 2.83. The van der Waals surface area contributed by atoms with Crippen LogP contribution in [0.4, 0.5) is 16.2 Å². The Hall–Kier alpha value is -4.43. The van der Waals surface area contributed by atoms with Crippen molar-refractivity contribution in [3.05, 3.63) is 95.0 Å². The Morgan fingerprint density at radius 3 is 2.38 bits per heavy atom. The minimum Gasteiger partial charge on any atom is -0.483 e. The Bertz CT molecular complexity index is 1310. The minimum absolute atomic E-state index is 0.146. The van der Waals surface area contributed by atoms with E-state index in [1.165, 1.54) is 18.2 Å². The topological polar surface area (TPSA) is 105 Å². The van der Waals surface area contributed by atoms with Gasteiger partial charge in [-0.1, -0.05) is 60.1 Å². The SMILES string of the molecule is O=C(COc1ccccc1/C=C1\C(=O)NC(=O)N(c2ccccc2Cl)C1=O)Nc1ccccc1. The number of amides is 5. The van der Waals surface area contributed by atoms with Gasteiger partial charge >= 0.3 is 6.03 Å². The lowest BCUT2D eigenvalue weighted by atomic mass is 10.1. The van der Waals surface area contributed by atoms with E-state index in [4.69, 9.17) is 16.3 Å². The van der Waals surface area contributed by atoms with Crippen LogP contribution in [0, 0.1) is 0 Å². The number of para-hydroxylation sites is 3. The molecule has 1 aliphatic heterocycles. The molecule has 3 aromatic rings. The third-order valence-electron chi connectivity index (χ3n) is 4.83. The first-order valence-electron chi connectivity index (χ1n) is 10.2. The summed E-state index contributed by atoms with van der Waals surface area (Å²) in [7, 11) is 0. The van der Waals surface area contributed by atoms with Crippen LogP contribution in [0.1, 0.15) is 5.56 Å². The molecule has 1 aliphatic rings. The molecular formula is C25H18ClN3O5. The van der Waals surface area contributed by atoms with Crippen molar-refractivity contribution in [3.8, 4) is 5.75 Å². The summed E-state index contributed by atoms with van der Waals surface area (Å²) in [5.74, 6) is -1.79. The average molecular weight is 476 g/mol. The van der Waals surface area contributed by atoms with Crippen LogP contribution < -0.4 is 20.3 Å². The van der Waals surface area contributed by atoms with Crippen LogP contribution in [0.15, 0.2) is 84.4 Å². The monoisotopic (exact) mass is 475 g/mol. The Morgan fingerprint density at radius 1 is 0.941 bits per heavy atom. The first-order valence-corrected chi connectivity index (χ1v) is 10.5. The number of barbiturate groups is 1. The molecule has 8 nitrogen and oxygen atoms in total. The third-order valence-corrected chi connectivity index (χ3v) is 5.15. The van der Waals surface area contributed by atoms with Crippen molar-refractivity contribution in [1.82, 2.24) is 5.32 Å². The van der Waals surface area contributed by atoms with Crippen LogP contribution in [-0.2, 0) is 14.4 Å². The van der Waals surface area contributed by atoms with Crippen molar-refractivity contribution in [2.24, 2.45) is 0 Å². The summed E-state index contributed by atoms with van der Waals surface area (Å²) in [6.07, 6.45) is 1.30. The highest BCUT2D eigenvalue weighted by molar-refractivity contribution is 6.42. The Kier molecular flexibility index (Phi) is 6.70. The van der Waals surface area contributed by atoms with Crippen molar-refractivity contribution >= 4 is 52.8 Å². The zero-order chi connectivity index (χ0) is 24.1. The highest BCUT2D eigenvalue weighted by Crippen LogP contribution is 2.29. The second-order valence-electron chi connectivity index (χ2n) is 7.15. The zero-order valence-electron chi connectivity index (χ0n) is 17.7. The molecule has 170 valence electrons. The first-order chi connectivity index (χ1) is 16.4. The number of hydrogen-bond donors (Lipinski definition) is 2. The Balaban J connectivity index is 1.57. The standard InChI is InChI=1S/C25H18ClN3O5/c26-19-11-5-6-12-20(19)29-24(32)18(23(31)28-25(29)33)14-16-8-4-7-13-21(16)34-15-22(30)27-17-9-2-1-3-10-17/h1-14H,15H2,(H,27,30)(H,28,31,33)/b18-14+. The number of hydrogen-bond acceptors (Lipinski definition) is 5. The summed E-state index contributed by atoms with van der Waals surface area (Å²) in [6.45, 7) is -0.292. The zero-order valence-corrected chi connectivity index (χ0v) is 18.4. The van der Waals surface area contributed by atoms with Gasteiger partial charge in [0.25, 0.3) is 17.7 Å². The van der Waals surface area contributed by atoms with E-state index in [0.29, 0.717) is 11.3 Å². The minimum atomic E-state index is -0.901. The molecule has 0 aromatic heterocycles. The van der Waals surface area contributed by atoms with Gasteiger partial charge in [0.15, 0.2) is 6.61 Å². The van der Waals surface area contributed by atoms with Crippen LogP contribution in [0.2, 0.25) is 5.02 Å². The van der Waals surface area contributed by atoms with E-state index in [1.54, 1.807) is 60.7 Å². The number of halogens is 1. The van der Waals surface area contributed by atoms with Gasteiger partial charge in [-0.05, 0) is 36.4 Å². The number of carbonyl (C=O) groups excluding carboxylic acids is 4. The van der Waals surface area contributed by atoms with Gasteiger partial charge in [-0.25, -0.2) is 9.69 Å². The van der Waals surface area contributed by atoms with E-state index in [0.717, 1.165) is 4.90 Å². The van der Waals surface area contributed by atoms with Crippen LogP contribution in [-0.4, -0.2) is 30.4 Å². The molecule has 5 amide bonds. The molecular weight excluding hydrogens is 458 g/mol. The maximum absolute atomic E-state index is 13.1. The maximum atomic E-state index is 13.1. The van der Waals surface area contributed by atoms with Gasteiger partial charge in [0.05, 0.1) is 10.7 Å². The quantitative estimate of drug-likeness (QED) is 0.414. The molecule has 0 spiro atoms. The lowest BCUT2D eigenvalue weighted by molar-refractivity contribution is -0.122. The van der Waals surface area contributed by atoms with Crippen LogP contribution in [0.5, 0.6) is 5.75 Å². The van der Waals surface area contributed by atoms with E-state index >= 15 is 0 Å². The van der Waals surface area contributed by atoms with Gasteiger partial charge in [-0.3, -0.25) is 19.7 Å². The molecule has 3 aromatic carbocycles. The lowest BCUT2D eigenvalue weighted by Crippen LogP contribution is -2.54. The van der Waals surface area contributed by atoms with Crippen molar-refractivity contribution < 1.29 is 23.9 Å². The summed E-state index contributed by atoms with van der Waals surface area (Å²) in [6, 6.07) is 20.9. The third kappa shape index (κ3) is 4.97. The van der Waals surface area contributed by atoms with Crippen LogP contribution in [0.25, 0.3) is 6.08 Å². The number of imide groups is 2. The summed E-state index contributed by atoms with van der Waals surface area (Å²) in [4.78, 5) is 51.0. The van der Waals surface area contributed by atoms with Crippen molar-refractivity contribution in [1.29, 1.82) is 0 Å². The molecule has 0 aliphatic carbocycles. The fourth-order valence-electron chi connectivity index (χ4n) is 3.26. The largest absolute Gasteiger partial charge is 0.483 e. The number of anilines is 2. The molecule has 2 N–H and O–H groups in total. The molecule has 0 saturated carbocycles. The van der Waals surface area contributed by atoms with E-state index in [-0.39, 0.29) is 34.5 Å². The van der Waals surface area contributed by atoms with Gasteiger partial charge in [-0.2, -0.15) is 0 Å². The molecule has 0 unspecified atom stereocenters. The van der Waals surface area contributed by atoms with E-state index in [9.17, 15) is 19.2 Å². The molecule has 0 radical (unpaired) electrons. The number of urea groups is 1. The predicted octanol–water partition coefficient (Wildman–Crippen LogP) is 4.02. The number of rotatable bonds is 6. The number of benzene rings is 3. The predicted molar refractivity (Wildman–Crippen MR) is 127 cm³/mol. The van der Waals surface area contributed by atoms with E-state index in [2.05, 4.69) is 10.6 Å². The van der Waals surface area contributed by atoms with E-state index < -0.39 is 17.8 Å². The van der Waals surface area contributed by atoms with Gasteiger partial charge in [0.2, 0.25) is 0 Å². The van der Waals surface area contributed by atoms with Gasteiger partial charge in [0.1, 0.15) is 11.3 Å². The van der Waals surface area contributed by atoms with Crippen molar-refractivity contribution in [2.75, 3.05) is 16.8 Å². The molecule has 1 saturated heterocycles. The number of carbonyl (C=O) groups is 4. The second kappa shape index (κ2) is 10.0. The fourth-order valence-corrected chi connectivity index (χ4v) is 3.48. The second-order valence-corrected chi connectivity index (χ2v) is 7.56. The summed E-state index contributed by atoms with van der Waals surface area (Å²) in [5.41, 5.74) is 0.860. The molecule has 0 atom stereocenters. The smallest absolute Gasteiger partial charge is 0.335 e. The van der Waals surface area contributed by atoms with Crippen molar-refractivity contribution in [3.63, 3.8) is 0 Å². The molecule has 34 heavy (non-hydrogen) atoms. The van der Waals surface area contributed by atoms with Gasteiger partial charge in [0, 0.05) is 11.3 Å². The normalized spacial score (nSPS) is 14.7. The molecule has 1 fully saturated rings. The molecule has 1 heterocycles. The van der Waals surface area contributed by atoms with Crippen LogP contribution in [0.3, 0.4) is 0 Å². The molecule has 0 bridgehead atoms. The number of nitrogens with zero attached hydrogens (tertiary/aromatic N) is 1. The molecule has 9 heteroatoms. The van der Waals surface area contributed by atoms with Crippen LogP contribution >= 0.6 is 11.6 Å².